The van der Waals surface area contributed by atoms with Crippen molar-refractivity contribution >= 4 is 17.4 Å². The Bertz CT molecular complexity index is 984. The number of aryl methyl sites for hydroxylation is 1. The monoisotopic (exact) mass is 382 g/mol. The lowest BCUT2D eigenvalue weighted by Gasteiger charge is -2.12. The fourth-order valence-corrected chi connectivity index (χ4v) is 2.94. The van der Waals surface area contributed by atoms with Gasteiger partial charge in [0.2, 0.25) is 0 Å². The highest BCUT2D eigenvalue weighted by molar-refractivity contribution is 6.01. The predicted octanol–water partition coefficient (Wildman–Crippen LogP) is 4.73. The van der Waals surface area contributed by atoms with Gasteiger partial charge in [-0.25, -0.2) is 9.18 Å². The van der Waals surface area contributed by atoms with Crippen molar-refractivity contribution < 1.29 is 13.9 Å². The number of carbonyl (C=O) groups is 1. The molecule has 2 N–H and O–H groups in total. The van der Waals surface area contributed by atoms with E-state index in [1.165, 1.54) is 6.07 Å². The third-order valence-corrected chi connectivity index (χ3v) is 4.33. The van der Waals surface area contributed by atoms with Gasteiger partial charge >= 0.3 is 6.03 Å². The van der Waals surface area contributed by atoms with E-state index in [4.69, 9.17) is 4.74 Å². The first kappa shape index (κ1) is 19.4. The van der Waals surface area contributed by atoms with Crippen LogP contribution in [0.25, 0.3) is 0 Å². The van der Waals surface area contributed by atoms with Crippen LogP contribution in [-0.2, 0) is 6.54 Å². The molecule has 2 amide bonds. The molecule has 28 heavy (non-hydrogen) atoms. The number of ether oxygens (including phenoxy) is 1. The Morgan fingerprint density at radius 2 is 1.82 bits per heavy atom. The molecular weight excluding hydrogens is 359 g/mol. The Labute approximate surface area is 163 Å². The number of rotatable bonds is 6. The first-order chi connectivity index (χ1) is 13.5. The van der Waals surface area contributed by atoms with Gasteiger partial charge in [0.25, 0.3) is 0 Å². The molecule has 2 aromatic carbocycles. The molecule has 0 fully saturated rings. The molecule has 0 aliphatic heterocycles. The van der Waals surface area contributed by atoms with Crippen LogP contribution in [-0.4, -0.2) is 22.4 Å². The summed E-state index contributed by atoms with van der Waals surface area (Å²) in [6.45, 7) is 6.31. The highest BCUT2D eigenvalue weighted by atomic mass is 19.1. The standard InChI is InChI=1S/C21H23FN4O2/c1-4-28-19-12-8-7-11-18(19)23-21(27)24-20-14(2)25-26(15(20)3)13-16-9-5-6-10-17(16)22/h5-12H,4,13H2,1-3H3,(H2,23,24,27). The molecule has 0 aliphatic carbocycles. The second-order valence-electron chi connectivity index (χ2n) is 6.30. The van der Waals surface area contributed by atoms with Crippen molar-refractivity contribution in [2.24, 2.45) is 0 Å². The van der Waals surface area contributed by atoms with Crippen molar-refractivity contribution in [3.63, 3.8) is 0 Å². The number of nitrogens with zero attached hydrogens (tertiary/aromatic N) is 2. The molecule has 1 aromatic heterocycles. The van der Waals surface area contributed by atoms with Crippen molar-refractivity contribution in [2.75, 3.05) is 17.2 Å². The van der Waals surface area contributed by atoms with Crippen molar-refractivity contribution in [1.82, 2.24) is 9.78 Å². The number of hydrogen-bond donors (Lipinski definition) is 2. The van der Waals surface area contributed by atoms with Crippen LogP contribution in [0.1, 0.15) is 23.9 Å². The van der Waals surface area contributed by atoms with Crippen molar-refractivity contribution in [3.8, 4) is 5.75 Å². The number of benzene rings is 2. The third kappa shape index (κ3) is 4.31. The zero-order valence-electron chi connectivity index (χ0n) is 16.1. The molecular formula is C21H23FN4O2. The second kappa shape index (κ2) is 8.56. The number of nitrogens with one attached hydrogen (secondary N) is 2. The van der Waals surface area contributed by atoms with E-state index in [0.717, 1.165) is 5.69 Å². The molecule has 0 aliphatic rings. The maximum atomic E-state index is 13.9. The Morgan fingerprint density at radius 1 is 1.11 bits per heavy atom. The Kier molecular flexibility index (Phi) is 5.93. The quantitative estimate of drug-likeness (QED) is 0.648. The minimum Gasteiger partial charge on any atom is -0.492 e. The summed E-state index contributed by atoms with van der Waals surface area (Å²) in [5.41, 5.74) is 3.12. The summed E-state index contributed by atoms with van der Waals surface area (Å²) in [5.74, 6) is 0.318. The Balaban J connectivity index is 1.75. The van der Waals surface area contributed by atoms with Crippen LogP contribution >= 0.6 is 0 Å². The fourth-order valence-electron chi connectivity index (χ4n) is 2.94. The van der Waals surface area contributed by atoms with E-state index in [1.807, 2.05) is 26.0 Å². The average Bonchev–Trinajstić information content (AvgIpc) is 2.93. The van der Waals surface area contributed by atoms with Crippen LogP contribution in [0.2, 0.25) is 0 Å². The van der Waals surface area contributed by atoms with Gasteiger partial charge in [-0.15, -0.1) is 0 Å². The Hall–Kier alpha value is -3.35. The minimum atomic E-state index is -0.399. The number of urea groups is 1. The summed E-state index contributed by atoms with van der Waals surface area (Å²) in [6, 6.07) is 13.4. The zero-order valence-corrected chi connectivity index (χ0v) is 16.1. The van der Waals surface area contributed by atoms with Gasteiger partial charge in [-0.2, -0.15) is 5.10 Å². The summed E-state index contributed by atoms with van der Waals surface area (Å²) in [4.78, 5) is 12.5. The number of amides is 2. The van der Waals surface area contributed by atoms with Crippen LogP contribution in [0.3, 0.4) is 0 Å². The first-order valence-corrected chi connectivity index (χ1v) is 9.06. The Morgan fingerprint density at radius 3 is 2.57 bits per heavy atom. The van der Waals surface area contributed by atoms with Crippen LogP contribution in [0.5, 0.6) is 5.75 Å². The lowest BCUT2D eigenvalue weighted by Crippen LogP contribution is -2.20. The van der Waals surface area contributed by atoms with E-state index in [2.05, 4.69) is 15.7 Å². The topological polar surface area (TPSA) is 68.2 Å². The molecule has 3 rings (SSSR count). The number of para-hydroxylation sites is 2. The normalized spacial score (nSPS) is 10.6. The molecule has 0 saturated carbocycles. The van der Waals surface area contributed by atoms with E-state index >= 15 is 0 Å². The summed E-state index contributed by atoms with van der Waals surface area (Å²) in [7, 11) is 0. The second-order valence-corrected chi connectivity index (χ2v) is 6.30. The fraction of sp³-hybridized carbons (Fsp3) is 0.238. The molecule has 0 saturated heterocycles. The SMILES string of the molecule is CCOc1ccccc1NC(=O)Nc1c(C)nn(Cc2ccccc2F)c1C. The molecule has 6 nitrogen and oxygen atoms in total. The molecule has 3 aromatic rings. The van der Waals surface area contributed by atoms with Crippen LogP contribution < -0.4 is 15.4 Å². The van der Waals surface area contributed by atoms with Gasteiger partial charge < -0.3 is 15.4 Å². The van der Waals surface area contributed by atoms with E-state index in [1.54, 1.807) is 41.9 Å². The molecule has 146 valence electrons. The maximum Gasteiger partial charge on any atom is 0.323 e. The van der Waals surface area contributed by atoms with Gasteiger partial charge in [-0.3, -0.25) is 4.68 Å². The summed E-state index contributed by atoms with van der Waals surface area (Å²) < 4.78 is 21.1. The lowest BCUT2D eigenvalue weighted by molar-refractivity contribution is 0.262. The highest BCUT2D eigenvalue weighted by Gasteiger charge is 2.16. The predicted molar refractivity (Wildman–Crippen MR) is 107 cm³/mol. The number of hydrogen-bond acceptors (Lipinski definition) is 3. The van der Waals surface area contributed by atoms with Crippen LogP contribution in [0, 0.1) is 19.7 Å². The van der Waals surface area contributed by atoms with E-state index in [-0.39, 0.29) is 12.4 Å². The van der Waals surface area contributed by atoms with Crippen molar-refractivity contribution in [2.45, 2.75) is 27.3 Å². The molecule has 7 heteroatoms. The maximum absolute atomic E-state index is 13.9. The van der Waals surface area contributed by atoms with Gasteiger partial charge in [0.1, 0.15) is 11.6 Å². The molecule has 0 atom stereocenters. The van der Waals surface area contributed by atoms with Gasteiger partial charge in [0.05, 0.1) is 35.9 Å². The van der Waals surface area contributed by atoms with E-state index < -0.39 is 6.03 Å². The smallest absolute Gasteiger partial charge is 0.323 e. The number of anilines is 2. The largest absolute Gasteiger partial charge is 0.492 e. The van der Waals surface area contributed by atoms with E-state index in [9.17, 15) is 9.18 Å². The zero-order chi connectivity index (χ0) is 20.1. The van der Waals surface area contributed by atoms with Gasteiger partial charge in [-0.05, 0) is 39.0 Å². The third-order valence-electron chi connectivity index (χ3n) is 4.33. The summed E-state index contributed by atoms with van der Waals surface area (Å²) >= 11 is 0. The molecule has 0 radical (unpaired) electrons. The molecule has 0 unspecified atom stereocenters. The highest BCUT2D eigenvalue weighted by Crippen LogP contribution is 2.25. The first-order valence-electron chi connectivity index (χ1n) is 9.06. The van der Waals surface area contributed by atoms with Gasteiger partial charge in [0, 0.05) is 5.56 Å². The molecule has 1 heterocycles. The number of carbonyl (C=O) groups excluding carboxylic acids is 1. The van der Waals surface area contributed by atoms with Crippen molar-refractivity contribution in [1.29, 1.82) is 0 Å². The van der Waals surface area contributed by atoms with Crippen LogP contribution in [0.4, 0.5) is 20.6 Å². The summed E-state index contributed by atoms with van der Waals surface area (Å²) in [6.07, 6.45) is 0. The lowest BCUT2D eigenvalue weighted by atomic mass is 10.2. The van der Waals surface area contributed by atoms with Crippen LogP contribution in [0.15, 0.2) is 48.5 Å². The molecule has 0 spiro atoms. The van der Waals surface area contributed by atoms with E-state index in [0.29, 0.717) is 35.0 Å². The minimum absolute atomic E-state index is 0.283. The summed E-state index contributed by atoms with van der Waals surface area (Å²) in [5, 5.41) is 10.1. The molecule has 0 bridgehead atoms. The number of aromatic nitrogens is 2. The van der Waals surface area contributed by atoms with Crippen molar-refractivity contribution in [3.05, 3.63) is 71.3 Å². The number of halogens is 1. The van der Waals surface area contributed by atoms with Gasteiger partial charge in [0.15, 0.2) is 0 Å². The van der Waals surface area contributed by atoms with Gasteiger partial charge in [-0.1, -0.05) is 30.3 Å². The average molecular weight is 382 g/mol.